The lowest BCUT2D eigenvalue weighted by atomic mass is 10.0. The number of nitro benzene ring substituents is 2. The molecule has 0 heterocycles. The average molecular weight is 590 g/mol. The zero-order valence-corrected chi connectivity index (χ0v) is 23.1. The Morgan fingerprint density at radius 3 is 1.81 bits per heavy atom. The summed E-state index contributed by atoms with van der Waals surface area (Å²) in [5.41, 5.74) is -0.282. The van der Waals surface area contributed by atoms with Gasteiger partial charge in [-0.2, -0.15) is 4.31 Å². The molecule has 0 fully saturated rings. The normalized spacial score (nSPS) is 11.1. The minimum Gasteiger partial charge on any atom is -0.423 e. The molecular weight excluding hydrogens is 566 g/mol. The second kappa shape index (κ2) is 12.0. The number of carbonyl (C=O) groups excluding carboxylic acids is 2. The summed E-state index contributed by atoms with van der Waals surface area (Å²) in [5, 5.41) is 22.3. The molecule has 0 saturated carbocycles. The van der Waals surface area contributed by atoms with Crippen LogP contribution in [-0.2, 0) is 10.0 Å². The number of rotatable bonds is 9. The lowest BCUT2D eigenvalue weighted by Crippen LogP contribution is -2.37. The molecule has 1 amide bonds. The Kier molecular flexibility index (Phi) is 8.43. The second-order valence-electron chi connectivity index (χ2n) is 9.30. The first-order chi connectivity index (χ1) is 19.9. The first-order valence-electron chi connectivity index (χ1n) is 12.4. The molecule has 13 heteroatoms. The van der Waals surface area contributed by atoms with E-state index < -0.39 is 37.4 Å². The van der Waals surface area contributed by atoms with Crippen molar-refractivity contribution in [1.82, 2.24) is 0 Å². The van der Waals surface area contributed by atoms with Gasteiger partial charge in [0.15, 0.2) is 0 Å². The highest BCUT2D eigenvalue weighted by Crippen LogP contribution is 2.30. The van der Waals surface area contributed by atoms with Gasteiger partial charge in [-0.15, -0.1) is 0 Å². The maximum absolute atomic E-state index is 13.8. The van der Waals surface area contributed by atoms with Crippen LogP contribution in [0.15, 0.2) is 102 Å². The molecule has 42 heavy (non-hydrogen) atoms. The molecular formula is C29H23N3O9S. The highest BCUT2D eigenvalue weighted by atomic mass is 32.2. The van der Waals surface area contributed by atoms with Crippen LogP contribution in [0, 0.1) is 20.2 Å². The molecule has 0 bridgehead atoms. The highest BCUT2D eigenvalue weighted by molar-refractivity contribution is 7.93. The van der Waals surface area contributed by atoms with Crippen molar-refractivity contribution in [3.63, 3.8) is 0 Å². The van der Waals surface area contributed by atoms with E-state index in [4.69, 9.17) is 4.74 Å². The van der Waals surface area contributed by atoms with Gasteiger partial charge in [-0.25, -0.2) is 13.2 Å². The fraction of sp³-hybridized carbons (Fsp3) is 0.103. The molecule has 0 atom stereocenters. The number of ether oxygens (including phenoxy) is 1. The maximum atomic E-state index is 13.8. The van der Waals surface area contributed by atoms with Crippen molar-refractivity contribution >= 4 is 39.0 Å². The fourth-order valence-electron chi connectivity index (χ4n) is 3.93. The lowest BCUT2D eigenvalue weighted by molar-refractivity contribution is -0.385. The Labute approximate surface area is 240 Å². The summed E-state index contributed by atoms with van der Waals surface area (Å²) in [7, 11) is -4.53. The predicted molar refractivity (Wildman–Crippen MR) is 152 cm³/mol. The quantitative estimate of drug-likeness (QED) is 0.100. The molecule has 4 rings (SSSR count). The number of esters is 1. The summed E-state index contributed by atoms with van der Waals surface area (Å²) in [5.74, 6) is -1.85. The third-order valence-electron chi connectivity index (χ3n) is 6.15. The topological polar surface area (TPSA) is 167 Å². The zero-order chi connectivity index (χ0) is 30.6. The van der Waals surface area contributed by atoms with Crippen LogP contribution in [0.2, 0.25) is 0 Å². The summed E-state index contributed by atoms with van der Waals surface area (Å²) in [6, 6.07) is 20.5. The van der Waals surface area contributed by atoms with Gasteiger partial charge in [0, 0.05) is 29.8 Å². The van der Waals surface area contributed by atoms with Crippen molar-refractivity contribution in [2.45, 2.75) is 24.7 Å². The van der Waals surface area contributed by atoms with Crippen molar-refractivity contribution in [2.75, 3.05) is 4.31 Å². The molecule has 0 spiro atoms. The van der Waals surface area contributed by atoms with E-state index in [1.54, 1.807) is 12.1 Å². The van der Waals surface area contributed by atoms with Gasteiger partial charge in [0.05, 0.1) is 26.0 Å². The molecule has 0 aliphatic heterocycles. The lowest BCUT2D eigenvalue weighted by Gasteiger charge is -2.23. The van der Waals surface area contributed by atoms with Gasteiger partial charge in [-0.05, 0) is 60.0 Å². The van der Waals surface area contributed by atoms with Gasteiger partial charge >= 0.3 is 5.97 Å². The van der Waals surface area contributed by atoms with E-state index in [1.165, 1.54) is 72.8 Å². The van der Waals surface area contributed by atoms with Gasteiger partial charge in [-0.3, -0.25) is 25.0 Å². The summed E-state index contributed by atoms with van der Waals surface area (Å²) in [4.78, 5) is 46.9. The molecule has 214 valence electrons. The predicted octanol–water partition coefficient (Wildman–Crippen LogP) is 5.88. The second-order valence-corrected chi connectivity index (χ2v) is 11.1. The number of nitrogens with zero attached hydrogens (tertiary/aromatic N) is 3. The van der Waals surface area contributed by atoms with E-state index in [-0.39, 0.29) is 39.1 Å². The summed E-state index contributed by atoms with van der Waals surface area (Å²) >= 11 is 0. The molecule has 0 aromatic heterocycles. The average Bonchev–Trinajstić information content (AvgIpc) is 2.98. The van der Waals surface area contributed by atoms with Gasteiger partial charge in [0.2, 0.25) is 0 Å². The van der Waals surface area contributed by atoms with E-state index in [0.717, 1.165) is 17.7 Å². The zero-order valence-electron chi connectivity index (χ0n) is 22.2. The number of non-ortho nitro benzene ring substituents is 2. The minimum atomic E-state index is -4.53. The Balaban J connectivity index is 1.72. The molecule has 0 radical (unpaired) electrons. The van der Waals surface area contributed by atoms with Crippen molar-refractivity contribution in [2.24, 2.45) is 0 Å². The standard InChI is InChI=1S/C29H23N3O9S/c1-19(2)20-9-15-27(16-10-20)42(39,40)30(28(33)21-5-3-7-24(17-21)31(35)36)23-11-13-26(14-12-23)41-29(34)22-6-4-8-25(18-22)32(37)38/h3-19H,1-2H3. The van der Waals surface area contributed by atoms with Crippen LogP contribution in [0.3, 0.4) is 0 Å². The van der Waals surface area contributed by atoms with Crippen LogP contribution < -0.4 is 9.04 Å². The number of anilines is 1. The van der Waals surface area contributed by atoms with Crippen molar-refractivity contribution in [3.05, 3.63) is 134 Å². The van der Waals surface area contributed by atoms with Gasteiger partial charge in [0.25, 0.3) is 27.3 Å². The summed E-state index contributed by atoms with van der Waals surface area (Å²) in [6.07, 6.45) is 0. The summed E-state index contributed by atoms with van der Waals surface area (Å²) in [6.45, 7) is 3.88. The number of carbonyl (C=O) groups is 2. The number of amides is 1. The number of nitro groups is 2. The largest absolute Gasteiger partial charge is 0.423 e. The molecule has 0 saturated heterocycles. The molecule has 0 aliphatic carbocycles. The highest BCUT2D eigenvalue weighted by Gasteiger charge is 2.33. The third-order valence-corrected chi connectivity index (χ3v) is 7.87. The molecule has 0 N–H and O–H groups in total. The van der Waals surface area contributed by atoms with E-state index in [2.05, 4.69) is 0 Å². The number of sulfonamides is 1. The first-order valence-corrected chi connectivity index (χ1v) is 13.8. The number of hydrogen-bond acceptors (Lipinski definition) is 9. The SMILES string of the molecule is CC(C)c1ccc(S(=O)(=O)N(C(=O)c2cccc([N+](=O)[O-])c2)c2ccc(OC(=O)c3cccc([N+](=O)[O-])c3)cc2)cc1. The molecule has 0 aliphatic rings. The smallest absolute Gasteiger partial charge is 0.343 e. The van der Waals surface area contributed by atoms with E-state index in [1.807, 2.05) is 13.8 Å². The fourth-order valence-corrected chi connectivity index (χ4v) is 5.34. The Morgan fingerprint density at radius 1 is 0.762 bits per heavy atom. The van der Waals surface area contributed by atoms with E-state index in [0.29, 0.717) is 4.31 Å². The third kappa shape index (κ3) is 6.31. The van der Waals surface area contributed by atoms with Crippen LogP contribution in [-0.4, -0.2) is 30.1 Å². The van der Waals surface area contributed by atoms with E-state index >= 15 is 0 Å². The Hall–Kier alpha value is -5.43. The maximum Gasteiger partial charge on any atom is 0.343 e. The number of hydrogen-bond donors (Lipinski definition) is 0. The molecule has 4 aromatic carbocycles. The van der Waals surface area contributed by atoms with E-state index in [9.17, 15) is 38.2 Å². The van der Waals surface area contributed by atoms with Crippen molar-refractivity contribution in [1.29, 1.82) is 0 Å². The van der Waals surface area contributed by atoms with Crippen LogP contribution in [0.4, 0.5) is 17.1 Å². The molecule has 12 nitrogen and oxygen atoms in total. The van der Waals surface area contributed by atoms with Crippen molar-refractivity contribution in [3.8, 4) is 5.75 Å². The Bertz CT molecular complexity index is 1790. The number of benzene rings is 4. The molecule has 0 unspecified atom stereocenters. The molecule has 4 aromatic rings. The van der Waals surface area contributed by atoms with Crippen molar-refractivity contribution < 1.29 is 32.6 Å². The minimum absolute atomic E-state index is 0.0308. The summed E-state index contributed by atoms with van der Waals surface area (Å²) < 4.78 is 33.4. The van der Waals surface area contributed by atoms with Crippen LogP contribution in [0.5, 0.6) is 5.75 Å². The van der Waals surface area contributed by atoms with Crippen LogP contribution in [0.1, 0.15) is 46.0 Å². The van der Waals surface area contributed by atoms with Gasteiger partial charge in [0.1, 0.15) is 5.75 Å². The van der Waals surface area contributed by atoms with Gasteiger partial charge in [-0.1, -0.05) is 38.1 Å². The van der Waals surface area contributed by atoms with Crippen LogP contribution in [0.25, 0.3) is 0 Å². The first kappa shape index (κ1) is 29.6. The Morgan fingerprint density at radius 2 is 1.29 bits per heavy atom. The van der Waals surface area contributed by atoms with Gasteiger partial charge < -0.3 is 4.74 Å². The van der Waals surface area contributed by atoms with Crippen LogP contribution >= 0.6 is 0 Å². The monoisotopic (exact) mass is 589 g/mol.